The lowest BCUT2D eigenvalue weighted by molar-refractivity contribution is -0.384. The number of amides is 2. The van der Waals surface area contributed by atoms with Crippen LogP contribution in [0.3, 0.4) is 0 Å². The first-order chi connectivity index (χ1) is 16.8. The SMILES string of the molecule is COc1cc(/C=N\NC(=O)c2cccc([N+](=O)[O-])c2)ccc1OCC(=O)Nc1ccc(C)c(C)c1. The van der Waals surface area contributed by atoms with Gasteiger partial charge in [-0.15, -0.1) is 0 Å². The van der Waals surface area contributed by atoms with Crippen LogP contribution in [-0.2, 0) is 4.79 Å². The molecule has 35 heavy (non-hydrogen) atoms. The highest BCUT2D eigenvalue weighted by Gasteiger charge is 2.11. The van der Waals surface area contributed by atoms with Crippen molar-refractivity contribution in [2.45, 2.75) is 13.8 Å². The largest absolute Gasteiger partial charge is 0.493 e. The zero-order valence-electron chi connectivity index (χ0n) is 19.4. The van der Waals surface area contributed by atoms with Gasteiger partial charge in [0.1, 0.15) is 0 Å². The fourth-order valence-electron chi connectivity index (χ4n) is 3.03. The minimum absolute atomic E-state index is 0.108. The third-order valence-corrected chi connectivity index (χ3v) is 5.04. The Morgan fingerprint density at radius 1 is 1.03 bits per heavy atom. The number of non-ortho nitro benzene ring substituents is 1. The summed E-state index contributed by atoms with van der Waals surface area (Å²) in [6.45, 7) is 3.75. The van der Waals surface area contributed by atoms with E-state index in [4.69, 9.17) is 9.47 Å². The van der Waals surface area contributed by atoms with E-state index in [2.05, 4.69) is 15.8 Å². The normalized spacial score (nSPS) is 10.6. The summed E-state index contributed by atoms with van der Waals surface area (Å²) >= 11 is 0. The Kier molecular flexibility index (Phi) is 8.12. The highest BCUT2D eigenvalue weighted by molar-refractivity contribution is 5.95. The topological polar surface area (TPSA) is 132 Å². The van der Waals surface area contributed by atoms with Crippen molar-refractivity contribution in [2.24, 2.45) is 5.10 Å². The minimum Gasteiger partial charge on any atom is -0.493 e. The summed E-state index contributed by atoms with van der Waals surface area (Å²) < 4.78 is 10.9. The summed E-state index contributed by atoms with van der Waals surface area (Å²) in [7, 11) is 1.46. The molecule has 0 aliphatic carbocycles. The molecular formula is C25H24N4O6. The third-order valence-electron chi connectivity index (χ3n) is 5.04. The molecule has 0 aliphatic rings. The Bertz CT molecular complexity index is 1290. The van der Waals surface area contributed by atoms with Crippen LogP contribution in [0.15, 0.2) is 65.8 Å². The van der Waals surface area contributed by atoms with Crippen LogP contribution in [0.2, 0.25) is 0 Å². The van der Waals surface area contributed by atoms with Gasteiger partial charge in [-0.25, -0.2) is 5.43 Å². The molecule has 10 nitrogen and oxygen atoms in total. The first-order valence-corrected chi connectivity index (χ1v) is 10.5. The lowest BCUT2D eigenvalue weighted by Crippen LogP contribution is -2.20. The predicted molar refractivity (Wildman–Crippen MR) is 131 cm³/mol. The van der Waals surface area contributed by atoms with Crippen LogP contribution in [0.5, 0.6) is 11.5 Å². The number of nitro groups is 1. The van der Waals surface area contributed by atoms with Crippen molar-refractivity contribution in [1.29, 1.82) is 0 Å². The fraction of sp³-hybridized carbons (Fsp3) is 0.160. The van der Waals surface area contributed by atoms with E-state index in [1.807, 2.05) is 32.0 Å². The second kappa shape index (κ2) is 11.4. The molecular weight excluding hydrogens is 452 g/mol. The van der Waals surface area contributed by atoms with Gasteiger partial charge in [0.05, 0.1) is 18.2 Å². The third kappa shape index (κ3) is 6.87. The van der Waals surface area contributed by atoms with Crippen molar-refractivity contribution < 1.29 is 24.0 Å². The number of benzene rings is 3. The van der Waals surface area contributed by atoms with E-state index in [1.54, 1.807) is 18.2 Å². The number of carbonyl (C=O) groups excluding carboxylic acids is 2. The molecule has 0 aliphatic heterocycles. The summed E-state index contributed by atoms with van der Waals surface area (Å²) in [5.74, 6) is -0.171. The van der Waals surface area contributed by atoms with Crippen molar-refractivity contribution in [3.63, 3.8) is 0 Å². The molecule has 0 heterocycles. The molecule has 10 heteroatoms. The maximum atomic E-state index is 12.3. The lowest BCUT2D eigenvalue weighted by atomic mass is 10.1. The van der Waals surface area contributed by atoms with Crippen molar-refractivity contribution >= 4 is 29.4 Å². The molecule has 0 saturated heterocycles. The number of ether oxygens (including phenoxy) is 2. The first-order valence-electron chi connectivity index (χ1n) is 10.5. The number of hydrazone groups is 1. The lowest BCUT2D eigenvalue weighted by Gasteiger charge is -2.12. The van der Waals surface area contributed by atoms with Crippen molar-refractivity contribution in [3.05, 3.63) is 93.0 Å². The molecule has 0 fully saturated rings. The summed E-state index contributed by atoms with van der Waals surface area (Å²) in [6, 6.07) is 15.9. The van der Waals surface area contributed by atoms with Gasteiger partial charge in [0, 0.05) is 23.4 Å². The van der Waals surface area contributed by atoms with Gasteiger partial charge in [0.15, 0.2) is 18.1 Å². The second-order valence-corrected chi connectivity index (χ2v) is 7.55. The molecule has 180 valence electrons. The number of anilines is 1. The fourth-order valence-corrected chi connectivity index (χ4v) is 3.03. The van der Waals surface area contributed by atoms with Gasteiger partial charge < -0.3 is 14.8 Å². The maximum absolute atomic E-state index is 12.3. The molecule has 0 unspecified atom stereocenters. The minimum atomic E-state index is -0.591. The van der Waals surface area contributed by atoms with E-state index in [0.29, 0.717) is 22.7 Å². The monoisotopic (exact) mass is 476 g/mol. The van der Waals surface area contributed by atoms with Crippen LogP contribution in [-0.4, -0.2) is 36.7 Å². The number of nitro benzene ring substituents is 1. The smallest absolute Gasteiger partial charge is 0.271 e. The van der Waals surface area contributed by atoms with Crippen LogP contribution in [0.4, 0.5) is 11.4 Å². The van der Waals surface area contributed by atoms with Crippen molar-refractivity contribution in [1.82, 2.24) is 5.43 Å². The Morgan fingerprint density at radius 3 is 2.54 bits per heavy atom. The molecule has 0 spiro atoms. The van der Waals surface area contributed by atoms with Crippen LogP contribution in [0.25, 0.3) is 0 Å². The molecule has 2 amide bonds. The van der Waals surface area contributed by atoms with Gasteiger partial charge in [0.2, 0.25) is 0 Å². The molecule has 0 aromatic heterocycles. The van der Waals surface area contributed by atoms with Gasteiger partial charge in [-0.1, -0.05) is 12.1 Å². The van der Waals surface area contributed by atoms with Gasteiger partial charge in [-0.05, 0) is 66.9 Å². The van der Waals surface area contributed by atoms with Gasteiger partial charge in [0.25, 0.3) is 17.5 Å². The van der Waals surface area contributed by atoms with Crippen LogP contribution in [0.1, 0.15) is 27.0 Å². The first kappa shape index (κ1) is 24.9. The van der Waals surface area contributed by atoms with E-state index < -0.39 is 10.8 Å². The Hall–Kier alpha value is -4.73. The van der Waals surface area contributed by atoms with Crippen molar-refractivity contribution in [3.8, 4) is 11.5 Å². The molecule has 3 aromatic carbocycles. The van der Waals surface area contributed by atoms with E-state index in [-0.39, 0.29) is 23.8 Å². The van der Waals surface area contributed by atoms with Crippen LogP contribution in [0, 0.1) is 24.0 Å². The summed E-state index contributed by atoms with van der Waals surface area (Å²) in [6.07, 6.45) is 1.38. The molecule has 0 atom stereocenters. The highest BCUT2D eigenvalue weighted by atomic mass is 16.6. The van der Waals surface area contributed by atoms with E-state index in [1.165, 1.54) is 31.5 Å². The van der Waals surface area contributed by atoms with Crippen molar-refractivity contribution in [2.75, 3.05) is 19.0 Å². The van der Waals surface area contributed by atoms with Gasteiger partial charge in [-0.3, -0.25) is 19.7 Å². The number of aryl methyl sites for hydroxylation is 2. The average Bonchev–Trinajstić information content (AvgIpc) is 2.85. The number of nitrogens with zero attached hydrogens (tertiary/aromatic N) is 2. The predicted octanol–water partition coefficient (Wildman–Crippen LogP) is 4.00. The molecule has 3 rings (SSSR count). The van der Waals surface area contributed by atoms with Crippen LogP contribution >= 0.6 is 0 Å². The van der Waals surface area contributed by atoms with Gasteiger partial charge >= 0.3 is 0 Å². The number of nitrogens with one attached hydrogen (secondary N) is 2. The number of carbonyl (C=O) groups is 2. The zero-order chi connectivity index (χ0) is 25.4. The van der Waals surface area contributed by atoms with E-state index in [0.717, 1.165) is 17.2 Å². The van der Waals surface area contributed by atoms with E-state index in [9.17, 15) is 19.7 Å². The number of hydrogen-bond donors (Lipinski definition) is 2. The summed E-state index contributed by atoms with van der Waals surface area (Å²) in [4.78, 5) is 34.7. The van der Waals surface area contributed by atoms with Crippen LogP contribution < -0.4 is 20.2 Å². The zero-order valence-corrected chi connectivity index (χ0v) is 19.4. The van der Waals surface area contributed by atoms with E-state index >= 15 is 0 Å². The summed E-state index contributed by atoms with van der Waals surface area (Å²) in [5, 5.41) is 17.5. The second-order valence-electron chi connectivity index (χ2n) is 7.55. The number of methoxy groups -OCH3 is 1. The maximum Gasteiger partial charge on any atom is 0.271 e. The Balaban J connectivity index is 1.58. The molecule has 0 radical (unpaired) electrons. The molecule has 0 bridgehead atoms. The quantitative estimate of drug-likeness (QED) is 0.273. The number of rotatable bonds is 9. The number of hydrogen-bond acceptors (Lipinski definition) is 7. The Labute approximate surface area is 201 Å². The molecule has 2 N–H and O–H groups in total. The molecule has 0 saturated carbocycles. The average molecular weight is 476 g/mol. The molecule has 3 aromatic rings. The Morgan fingerprint density at radius 2 is 1.83 bits per heavy atom. The highest BCUT2D eigenvalue weighted by Crippen LogP contribution is 2.27. The van der Waals surface area contributed by atoms with Gasteiger partial charge in [-0.2, -0.15) is 5.10 Å². The standard InChI is InChI=1S/C25H24N4O6/c1-16-7-9-20(11-17(16)2)27-24(30)15-35-22-10-8-18(12-23(22)34-3)14-26-28-25(31)19-5-4-6-21(13-19)29(32)33/h4-14H,15H2,1-3H3,(H,27,30)(H,28,31)/b26-14-. The summed E-state index contributed by atoms with van der Waals surface area (Å²) in [5.41, 5.74) is 5.72.